The fraction of sp³-hybridized carbons (Fsp3) is 0.158. The molecule has 1 aliphatic carbocycles. The van der Waals surface area contributed by atoms with Crippen molar-refractivity contribution in [2.75, 3.05) is 0 Å². The van der Waals surface area contributed by atoms with Gasteiger partial charge in [-0.2, -0.15) is 5.10 Å². The first-order chi connectivity index (χ1) is 11.3. The molecule has 4 rings (SSSR count). The van der Waals surface area contributed by atoms with Crippen LogP contribution in [-0.2, 0) is 4.79 Å². The van der Waals surface area contributed by atoms with Crippen LogP contribution >= 0.6 is 0 Å². The van der Waals surface area contributed by atoms with Crippen LogP contribution in [-0.4, -0.2) is 17.1 Å². The predicted molar refractivity (Wildman–Crippen MR) is 91.3 cm³/mol. The standard InChI is InChI=1S/C19H17N3O/c23-19(17-10-16(17)13-6-2-1-3-7-13)22-21-12-14-11-20-18-9-5-4-8-15(14)18/h1-9,11-12,16-17,20H,10H2,(H,22,23)/b21-12-/t16-,17+/m0/s1. The van der Waals surface area contributed by atoms with E-state index < -0.39 is 0 Å². The van der Waals surface area contributed by atoms with Gasteiger partial charge in [0.1, 0.15) is 0 Å². The lowest BCUT2D eigenvalue weighted by Crippen LogP contribution is -2.20. The molecular weight excluding hydrogens is 286 g/mol. The number of fused-ring (bicyclic) bond motifs is 1. The molecule has 1 fully saturated rings. The number of carbonyl (C=O) groups is 1. The maximum atomic E-state index is 12.1. The summed E-state index contributed by atoms with van der Waals surface area (Å²) in [7, 11) is 0. The van der Waals surface area contributed by atoms with Crippen molar-refractivity contribution in [3.05, 3.63) is 71.9 Å². The van der Waals surface area contributed by atoms with Crippen molar-refractivity contribution in [2.24, 2.45) is 11.0 Å². The average Bonchev–Trinajstić information content (AvgIpc) is 3.31. The summed E-state index contributed by atoms with van der Waals surface area (Å²) in [6.07, 6.45) is 4.49. The number of H-pyrrole nitrogens is 1. The van der Waals surface area contributed by atoms with Crippen molar-refractivity contribution in [3.8, 4) is 0 Å². The zero-order chi connectivity index (χ0) is 15.6. The molecule has 3 aromatic rings. The van der Waals surface area contributed by atoms with Crippen molar-refractivity contribution in [2.45, 2.75) is 12.3 Å². The molecule has 1 aliphatic rings. The summed E-state index contributed by atoms with van der Waals surface area (Å²) in [4.78, 5) is 15.3. The number of amides is 1. The Morgan fingerprint density at radius 1 is 1.13 bits per heavy atom. The topological polar surface area (TPSA) is 57.2 Å². The second-order valence-corrected chi connectivity index (χ2v) is 5.88. The van der Waals surface area contributed by atoms with Gasteiger partial charge in [-0.15, -0.1) is 0 Å². The highest BCUT2D eigenvalue weighted by Gasteiger charge is 2.43. The van der Waals surface area contributed by atoms with E-state index in [1.807, 2.05) is 48.7 Å². The second kappa shape index (κ2) is 5.72. The highest BCUT2D eigenvalue weighted by atomic mass is 16.2. The Bertz CT molecular complexity index is 866. The van der Waals surface area contributed by atoms with Gasteiger partial charge in [0.15, 0.2) is 0 Å². The number of hydrazone groups is 1. The van der Waals surface area contributed by atoms with Gasteiger partial charge in [-0.25, -0.2) is 5.43 Å². The minimum atomic E-state index is -0.00468. The normalized spacial score (nSPS) is 20.0. The van der Waals surface area contributed by atoms with E-state index >= 15 is 0 Å². The molecule has 0 spiro atoms. The average molecular weight is 303 g/mol. The molecule has 4 heteroatoms. The molecule has 1 amide bonds. The number of hydrogen-bond donors (Lipinski definition) is 2. The van der Waals surface area contributed by atoms with Crippen molar-refractivity contribution in [1.29, 1.82) is 0 Å². The number of carbonyl (C=O) groups excluding carboxylic acids is 1. The van der Waals surface area contributed by atoms with Gasteiger partial charge in [0.25, 0.3) is 0 Å². The van der Waals surface area contributed by atoms with E-state index in [9.17, 15) is 4.79 Å². The molecule has 4 nitrogen and oxygen atoms in total. The maximum absolute atomic E-state index is 12.1. The number of aromatic nitrogens is 1. The van der Waals surface area contributed by atoms with Crippen LogP contribution in [0.3, 0.4) is 0 Å². The third-order valence-corrected chi connectivity index (χ3v) is 4.35. The number of nitrogens with zero attached hydrogens (tertiary/aromatic N) is 1. The summed E-state index contributed by atoms with van der Waals surface area (Å²) >= 11 is 0. The number of rotatable bonds is 4. The second-order valence-electron chi connectivity index (χ2n) is 5.88. The van der Waals surface area contributed by atoms with E-state index in [1.54, 1.807) is 6.21 Å². The van der Waals surface area contributed by atoms with Crippen molar-refractivity contribution in [1.82, 2.24) is 10.4 Å². The van der Waals surface area contributed by atoms with E-state index in [-0.39, 0.29) is 11.8 Å². The monoisotopic (exact) mass is 303 g/mol. The Morgan fingerprint density at radius 3 is 2.78 bits per heavy atom. The molecule has 1 saturated carbocycles. The molecule has 1 heterocycles. The van der Waals surface area contributed by atoms with E-state index in [1.165, 1.54) is 5.56 Å². The molecule has 0 aliphatic heterocycles. The first-order valence-electron chi connectivity index (χ1n) is 7.77. The lowest BCUT2D eigenvalue weighted by Gasteiger charge is -1.99. The smallest absolute Gasteiger partial charge is 0.243 e. The molecular formula is C19H17N3O. The minimum Gasteiger partial charge on any atom is -0.361 e. The molecule has 1 aromatic heterocycles. The zero-order valence-corrected chi connectivity index (χ0v) is 12.6. The molecule has 0 bridgehead atoms. The van der Waals surface area contributed by atoms with Crippen molar-refractivity contribution >= 4 is 23.0 Å². The Hall–Kier alpha value is -2.88. The third kappa shape index (κ3) is 2.75. The van der Waals surface area contributed by atoms with Crippen molar-refractivity contribution < 1.29 is 4.79 Å². The maximum Gasteiger partial charge on any atom is 0.243 e. The summed E-state index contributed by atoms with van der Waals surface area (Å²) in [5, 5.41) is 5.21. The van der Waals surface area contributed by atoms with Gasteiger partial charge in [0.05, 0.1) is 6.21 Å². The summed E-state index contributed by atoms with van der Waals surface area (Å²) in [6, 6.07) is 18.2. The van der Waals surface area contributed by atoms with Gasteiger partial charge >= 0.3 is 0 Å². The summed E-state index contributed by atoms with van der Waals surface area (Å²) in [6.45, 7) is 0. The number of benzene rings is 2. The van der Waals surface area contributed by atoms with Gasteiger partial charge in [-0.1, -0.05) is 48.5 Å². The van der Waals surface area contributed by atoms with Gasteiger partial charge in [-0.05, 0) is 24.0 Å². The molecule has 23 heavy (non-hydrogen) atoms. The first-order valence-corrected chi connectivity index (χ1v) is 7.77. The molecule has 0 saturated heterocycles. The Morgan fingerprint density at radius 2 is 1.91 bits per heavy atom. The Kier molecular flexibility index (Phi) is 3.42. The molecule has 2 atom stereocenters. The highest BCUT2D eigenvalue weighted by Crippen LogP contribution is 2.47. The number of hydrogen-bond acceptors (Lipinski definition) is 2. The van der Waals surface area contributed by atoms with E-state index in [0.29, 0.717) is 5.92 Å². The quantitative estimate of drug-likeness (QED) is 0.563. The van der Waals surface area contributed by atoms with Crippen LogP contribution in [0.15, 0.2) is 65.9 Å². The van der Waals surface area contributed by atoms with Crippen LogP contribution in [0.2, 0.25) is 0 Å². The van der Waals surface area contributed by atoms with E-state index in [2.05, 4.69) is 27.6 Å². The Balaban J connectivity index is 1.39. The molecule has 114 valence electrons. The van der Waals surface area contributed by atoms with Crippen LogP contribution < -0.4 is 5.43 Å². The van der Waals surface area contributed by atoms with Crippen LogP contribution in [0.25, 0.3) is 10.9 Å². The summed E-state index contributed by atoms with van der Waals surface area (Å²) in [5.41, 5.74) is 5.92. The lowest BCUT2D eigenvalue weighted by atomic mass is 10.1. The van der Waals surface area contributed by atoms with E-state index in [4.69, 9.17) is 0 Å². The van der Waals surface area contributed by atoms with Crippen LogP contribution in [0.1, 0.15) is 23.5 Å². The summed E-state index contributed by atoms with van der Waals surface area (Å²) in [5.74, 6) is 0.368. The fourth-order valence-corrected chi connectivity index (χ4v) is 3.00. The molecule has 2 N–H and O–H groups in total. The summed E-state index contributed by atoms with van der Waals surface area (Å²) < 4.78 is 0. The molecule has 0 radical (unpaired) electrons. The SMILES string of the molecule is O=C(N/N=C\c1c[nH]c2ccccc12)[C@@H]1C[C@H]1c1ccccc1. The van der Waals surface area contributed by atoms with Gasteiger partial charge < -0.3 is 4.98 Å². The zero-order valence-electron chi connectivity index (χ0n) is 12.6. The lowest BCUT2D eigenvalue weighted by molar-refractivity contribution is -0.122. The van der Waals surface area contributed by atoms with Gasteiger partial charge in [-0.3, -0.25) is 4.79 Å². The van der Waals surface area contributed by atoms with Crippen molar-refractivity contribution in [3.63, 3.8) is 0 Å². The minimum absolute atomic E-state index is 0.00468. The third-order valence-electron chi connectivity index (χ3n) is 4.35. The predicted octanol–water partition coefficient (Wildman–Crippen LogP) is 3.42. The number of aromatic amines is 1. The Labute approximate surface area is 134 Å². The fourth-order valence-electron chi connectivity index (χ4n) is 3.00. The molecule has 2 aromatic carbocycles. The van der Waals surface area contributed by atoms with E-state index in [0.717, 1.165) is 22.9 Å². The van der Waals surface area contributed by atoms with Crippen LogP contribution in [0.4, 0.5) is 0 Å². The molecule has 0 unspecified atom stereocenters. The van der Waals surface area contributed by atoms with Crippen LogP contribution in [0.5, 0.6) is 0 Å². The number of nitrogens with one attached hydrogen (secondary N) is 2. The largest absolute Gasteiger partial charge is 0.361 e. The van der Waals surface area contributed by atoms with Gasteiger partial charge in [0, 0.05) is 28.6 Å². The van der Waals surface area contributed by atoms with Gasteiger partial charge in [0.2, 0.25) is 5.91 Å². The number of para-hydroxylation sites is 1. The highest BCUT2D eigenvalue weighted by molar-refractivity contribution is 5.99. The van der Waals surface area contributed by atoms with Crippen LogP contribution in [0, 0.1) is 5.92 Å². The first kappa shape index (κ1) is 13.8.